The summed E-state index contributed by atoms with van der Waals surface area (Å²) in [5.41, 5.74) is 4.33. The molecule has 1 amide bonds. The van der Waals surface area contributed by atoms with Gasteiger partial charge in [0.1, 0.15) is 4.90 Å². The smallest absolute Gasteiger partial charge is 0.339 e. The van der Waals surface area contributed by atoms with E-state index >= 15 is 0 Å². The van der Waals surface area contributed by atoms with Gasteiger partial charge in [-0.05, 0) is 101 Å². The highest BCUT2D eigenvalue weighted by Gasteiger charge is 2.20. The molecule has 3 rings (SSSR count). The minimum atomic E-state index is -4.03. The summed E-state index contributed by atoms with van der Waals surface area (Å²) >= 11 is 6.68. The van der Waals surface area contributed by atoms with Crippen molar-refractivity contribution in [3.63, 3.8) is 0 Å². The Balaban J connectivity index is 1.72. The molecule has 11 heteroatoms. The molecule has 0 aliphatic heterocycles. The molecule has 0 bridgehead atoms. The van der Waals surface area contributed by atoms with E-state index in [1.807, 2.05) is 20.8 Å². The van der Waals surface area contributed by atoms with E-state index < -0.39 is 16.0 Å². The molecule has 0 aliphatic carbocycles. The van der Waals surface area contributed by atoms with Crippen molar-refractivity contribution in [1.82, 2.24) is 5.43 Å². The van der Waals surface area contributed by atoms with Crippen molar-refractivity contribution < 1.29 is 26.9 Å². The standard InChI is InChI=1S/C25H24Br2N2O6S/c1-4-33-22-11-8-18(14-23(22)34-5-2)25(30)29-28-15-17-12-20(26)24(21(27)13-17)35-36(31,32)19-9-6-16(3)7-10-19/h6-15H,4-5H2,1-3H3,(H,29,30)/b28-15+. The second-order valence-corrected chi connectivity index (χ2v) is 10.6. The average Bonchev–Trinajstić information content (AvgIpc) is 2.83. The van der Waals surface area contributed by atoms with Gasteiger partial charge in [-0.1, -0.05) is 17.7 Å². The summed E-state index contributed by atoms with van der Waals surface area (Å²) in [6.07, 6.45) is 1.42. The third-order valence-electron chi connectivity index (χ3n) is 4.71. The first kappa shape index (κ1) is 27.7. The first-order chi connectivity index (χ1) is 17.1. The predicted molar refractivity (Wildman–Crippen MR) is 145 cm³/mol. The van der Waals surface area contributed by atoms with Crippen LogP contribution in [0, 0.1) is 6.92 Å². The van der Waals surface area contributed by atoms with Crippen molar-refractivity contribution >= 4 is 54.1 Å². The van der Waals surface area contributed by atoms with Crippen LogP contribution in [0.3, 0.4) is 0 Å². The van der Waals surface area contributed by atoms with Gasteiger partial charge >= 0.3 is 10.1 Å². The minimum absolute atomic E-state index is 0.0436. The molecule has 0 aromatic heterocycles. The van der Waals surface area contributed by atoms with Crippen LogP contribution in [0.5, 0.6) is 17.2 Å². The molecule has 3 aromatic carbocycles. The number of hydrogen-bond donors (Lipinski definition) is 1. The van der Waals surface area contributed by atoms with Crippen molar-refractivity contribution in [2.24, 2.45) is 5.10 Å². The van der Waals surface area contributed by atoms with E-state index in [-0.39, 0.29) is 10.6 Å². The largest absolute Gasteiger partial charge is 0.490 e. The van der Waals surface area contributed by atoms with Crippen molar-refractivity contribution in [2.75, 3.05) is 13.2 Å². The summed E-state index contributed by atoms with van der Waals surface area (Å²) in [7, 11) is -4.03. The number of nitrogens with zero attached hydrogens (tertiary/aromatic N) is 1. The van der Waals surface area contributed by atoms with E-state index in [2.05, 4.69) is 42.4 Å². The van der Waals surface area contributed by atoms with Gasteiger partial charge in [0.15, 0.2) is 17.2 Å². The molecule has 190 valence electrons. The maximum Gasteiger partial charge on any atom is 0.339 e. The molecule has 0 fully saturated rings. The lowest BCUT2D eigenvalue weighted by Gasteiger charge is -2.12. The molecule has 0 saturated heterocycles. The first-order valence-corrected chi connectivity index (χ1v) is 13.9. The van der Waals surface area contributed by atoms with Crippen LogP contribution < -0.4 is 19.1 Å². The zero-order valence-corrected chi connectivity index (χ0v) is 23.7. The summed E-state index contributed by atoms with van der Waals surface area (Å²) in [6, 6.07) is 14.5. The van der Waals surface area contributed by atoms with Gasteiger partial charge in [0.25, 0.3) is 5.91 Å². The molecule has 0 spiro atoms. The molecule has 0 saturated carbocycles. The van der Waals surface area contributed by atoms with Crippen LogP contribution in [0.1, 0.15) is 35.3 Å². The Morgan fingerprint density at radius 3 is 2.17 bits per heavy atom. The Morgan fingerprint density at radius 1 is 0.944 bits per heavy atom. The van der Waals surface area contributed by atoms with E-state index in [4.69, 9.17) is 13.7 Å². The molecule has 36 heavy (non-hydrogen) atoms. The molecular weight excluding hydrogens is 616 g/mol. The fourth-order valence-corrected chi connectivity index (χ4v) is 5.58. The van der Waals surface area contributed by atoms with Crippen LogP contribution in [-0.2, 0) is 10.1 Å². The lowest BCUT2D eigenvalue weighted by Crippen LogP contribution is -2.17. The second kappa shape index (κ2) is 12.4. The number of halogens is 2. The summed E-state index contributed by atoms with van der Waals surface area (Å²) < 4.78 is 42.5. The number of carbonyl (C=O) groups is 1. The third-order valence-corrected chi connectivity index (χ3v) is 7.12. The van der Waals surface area contributed by atoms with Crippen LogP contribution in [0.2, 0.25) is 0 Å². The van der Waals surface area contributed by atoms with Gasteiger partial charge in [0.05, 0.1) is 28.4 Å². The lowest BCUT2D eigenvalue weighted by molar-refractivity contribution is 0.0954. The van der Waals surface area contributed by atoms with Crippen molar-refractivity contribution in [3.05, 3.63) is 80.2 Å². The van der Waals surface area contributed by atoms with Crippen molar-refractivity contribution in [2.45, 2.75) is 25.7 Å². The SMILES string of the molecule is CCOc1ccc(C(=O)N/N=C/c2cc(Br)c(OS(=O)(=O)c3ccc(C)cc3)c(Br)c2)cc1OCC. The van der Waals surface area contributed by atoms with E-state index in [9.17, 15) is 13.2 Å². The Morgan fingerprint density at radius 2 is 1.56 bits per heavy atom. The molecule has 0 unspecified atom stereocenters. The number of rotatable bonds is 10. The van der Waals surface area contributed by atoms with Crippen LogP contribution in [0.25, 0.3) is 0 Å². The fourth-order valence-electron chi connectivity index (χ4n) is 3.02. The summed E-state index contributed by atoms with van der Waals surface area (Å²) in [5.74, 6) is 0.688. The molecule has 0 radical (unpaired) electrons. The highest BCUT2D eigenvalue weighted by atomic mass is 79.9. The normalized spacial score (nSPS) is 11.4. The predicted octanol–water partition coefficient (Wildman–Crippen LogP) is 5.85. The lowest BCUT2D eigenvalue weighted by atomic mass is 10.2. The molecular formula is C25H24Br2N2O6S. The van der Waals surface area contributed by atoms with Gasteiger partial charge in [-0.25, -0.2) is 5.43 Å². The molecule has 8 nitrogen and oxygen atoms in total. The summed E-state index contributed by atoms with van der Waals surface area (Å²) in [6.45, 7) is 6.48. The monoisotopic (exact) mass is 638 g/mol. The second-order valence-electron chi connectivity index (χ2n) is 7.39. The van der Waals surface area contributed by atoms with Gasteiger partial charge in [-0.3, -0.25) is 4.79 Å². The van der Waals surface area contributed by atoms with Crippen LogP contribution in [0.4, 0.5) is 0 Å². The number of amides is 1. The van der Waals surface area contributed by atoms with E-state index in [0.29, 0.717) is 44.8 Å². The highest BCUT2D eigenvalue weighted by Crippen LogP contribution is 2.36. The van der Waals surface area contributed by atoms with Crippen LogP contribution in [-0.4, -0.2) is 33.8 Å². The fraction of sp³-hybridized carbons (Fsp3) is 0.200. The number of hydrogen-bond acceptors (Lipinski definition) is 7. The topological polar surface area (TPSA) is 103 Å². The highest BCUT2D eigenvalue weighted by molar-refractivity contribution is 9.11. The van der Waals surface area contributed by atoms with Gasteiger partial charge < -0.3 is 13.7 Å². The molecule has 3 aromatic rings. The van der Waals surface area contributed by atoms with Crippen LogP contribution in [0.15, 0.2) is 73.5 Å². The summed E-state index contributed by atoms with van der Waals surface area (Å²) in [5, 5.41) is 4.00. The van der Waals surface area contributed by atoms with E-state index in [0.717, 1.165) is 5.56 Å². The maximum absolute atomic E-state index is 12.7. The van der Waals surface area contributed by atoms with Gasteiger partial charge in [0.2, 0.25) is 0 Å². The zero-order valence-electron chi connectivity index (χ0n) is 19.7. The van der Waals surface area contributed by atoms with Gasteiger partial charge in [-0.15, -0.1) is 0 Å². The Hall–Kier alpha value is -2.89. The minimum Gasteiger partial charge on any atom is -0.490 e. The van der Waals surface area contributed by atoms with Crippen molar-refractivity contribution in [1.29, 1.82) is 0 Å². The zero-order chi connectivity index (χ0) is 26.3. The van der Waals surface area contributed by atoms with Gasteiger partial charge in [0, 0.05) is 5.56 Å². The third kappa shape index (κ3) is 7.08. The van der Waals surface area contributed by atoms with E-state index in [1.165, 1.54) is 18.3 Å². The van der Waals surface area contributed by atoms with E-state index in [1.54, 1.807) is 42.5 Å². The quantitative estimate of drug-likeness (QED) is 0.170. The number of benzene rings is 3. The molecule has 0 aliphatic rings. The number of carbonyl (C=O) groups excluding carboxylic acids is 1. The number of ether oxygens (including phenoxy) is 2. The number of nitrogens with one attached hydrogen (secondary N) is 1. The number of hydrazone groups is 1. The van der Waals surface area contributed by atoms with Crippen LogP contribution >= 0.6 is 31.9 Å². The van der Waals surface area contributed by atoms with Crippen molar-refractivity contribution in [3.8, 4) is 17.2 Å². The molecule has 1 N–H and O–H groups in total. The Labute approximate surface area is 227 Å². The summed E-state index contributed by atoms with van der Waals surface area (Å²) in [4.78, 5) is 12.6. The Bertz CT molecular complexity index is 1350. The molecule has 0 heterocycles. The first-order valence-electron chi connectivity index (χ1n) is 10.9. The average molecular weight is 640 g/mol. The maximum atomic E-state index is 12.7. The van der Waals surface area contributed by atoms with Gasteiger partial charge in [-0.2, -0.15) is 13.5 Å². The number of aryl methyl sites for hydroxylation is 1. The molecule has 0 atom stereocenters. The Kier molecular flexibility index (Phi) is 9.52.